The van der Waals surface area contributed by atoms with E-state index < -0.39 is 18.0 Å². The number of carbonyl (C=O) groups excluding carboxylic acids is 2. The van der Waals surface area contributed by atoms with Crippen molar-refractivity contribution < 1.29 is 9.59 Å². The minimum absolute atomic E-state index is 0.0642. The van der Waals surface area contributed by atoms with Crippen LogP contribution in [0.5, 0.6) is 0 Å². The number of urea groups is 1. The van der Waals surface area contributed by atoms with Crippen LogP contribution in [0, 0.1) is 0 Å². The summed E-state index contributed by atoms with van der Waals surface area (Å²) in [5, 5.41) is 7.42. The van der Waals surface area contributed by atoms with E-state index in [1.54, 1.807) is 0 Å². The molecule has 1 heterocycles. The number of nitrogens with zero attached hydrogens (tertiary/aromatic N) is 3. The molecular weight excluding hydrogens is 150 g/mol. The Morgan fingerprint density at radius 2 is 2.36 bits per heavy atom. The average Bonchev–Trinajstić information content (AvgIpc) is 1.95. The van der Waals surface area contributed by atoms with Crippen LogP contribution in [0.1, 0.15) is 0 Å². The van der Waals surface area contributed by atoms with Crippen LogP contribution in [0.25, 0.3) is 10.4 Å². The molecule has 0 aromatic carbocycles. The Bertz CT molecular complexity index is 243. The van der Waals surface area contributed by atoms with Gasteiger partial charge in [-0.05, 0) is 5.53 Å². The van der Waals surface area contributed by atoms with Gasteiger partial charge < -0.3 is 5.32 Å². The van der Waals surface area contributed by atoms with Gasteiger partial charge in [0.1, 0.15) is 6.04 Å². The number of imide groups is 1. The zero-order chi connectivity index (χ0) is 8.27. The Morgan fingerprint density at radius 1 is 1.64 bits per heavy atom. The first-order valence-electron chi connectivity index (χ1n) is 2.87. The van der Waals surface area contributed by atoms with E-state index in [4.69, 9.17) is 5.53 Å². The van der Waals surface area contributed by atoms with Gasteiger partial charge in [0.15, 0.2) is 0 Å². The zero-order valence-corrected chi connectivity index (χ0v) is 5.44. The molecule has 0 radical (unpaired) electrons. The van der Waals surface area contributed by atoms with Crippen molar-refractivity contribution in [3.8, 4) is 0 Å². The molecule has 0 aliphatic carbocycles. The molecular formula is C4H5N5O2. The molecule has 7 nitrogen and oxygen atoms in total. The van der Waals surface area contributed by atoms with Crippen molar-refractivity contribution in [3.05, 3.63) is 10.4 Å². The predicted octanol–water partition coefficient (Wildman–Crippen LogP) is -0.495. The van der Waals surface area contributed by atoms with Crippen LogP contribution < -0.4 is 10.6 Å². The molecule has 1 aliphatic rings. The van der Waals surface area contributed by atoms with Gasteiger partial charge in [-0.2, -0.15) is 0 Å². The second-order valence-corrected chi connectivity index (χ2v) is 1.92. The summed E-state index contributed by atoms with van der Waals surface area (Å²) < 4.78 is 0. The topological polar surface area (TPSA) is 107 Å². The molecule has 3 amide bonds. The van der Waals surface area contributed by atoms with Crippen molar-refractivity contribution in [1.29, 1.82) is 0 Å². The van der Waals surface area contributed by atoms with Crippen molar-refractivity contribution in [2.24, 2.45) is 5.11 Å². The van der Waals surface area contributed by atoms with Gasteiger partial charge in [0.25, 0.3) is 0 Å². The lowest BCUT2D eigenvalue weighted by Crippen LogP contribution is -2.54. The number of hydrogen-bond acceptors (Lipinski definition) is 3. The zero-order valence-electron chi connectivity index (χ0n) is 5.44. The molecule has 2 N–H and O–H groups in total. The summed E-state index contributed by atoms with van der Waals surface area (Å²) in [6, 6.07) is -1.38. The van der Waals surface area contributed by atoms with Gasteiger partial charge in [0, 0.05) is 11.5 Å². The molecule has 1 aliphatic heterocycles. The highest BCUT2D eigenvalue weighted by Gasteiger charge is 2.24. The van der Waals surface area contributed by atoms with Crippen LogP contribution >= 0.6 is 0 Å². The Balaban J connectivity index is 2.64. The van der Waals surface area contributed by atoms with Gasteiger partial charge in [-0.3, -0.25) is 10.1 Å². The lowest BCUT2D eigenvalue weighted by Gasteiger charge is -2.17. The van der Waals surface area contributed by atoms with Crippen LogP contribution in [0.2, 0.25) is 0 Å². The van der Waals surface area contributed by atoms with Crippen molar-refractivity contribution in [2.75, 3.05) is 6.54 Å². The molecule has 1 unspecified atom stereocenters. The highest BCUT2D eigenvalue weighted by Crippen LogP contribution is 1.94. The van der Waals surface area contributed by atoms with E-state index in [1.807, 2.05) is 5.32 Å². The Labute approximate surface area is 61.4 Å². The van der Waals surface area contributed by atoms with Crippen LogP contribution in [0.3, 0.4) is 0 Å². The monoisotopic (exact) mass is 155 g/mol. The number of amides is 3. The molecule has 0 spiro atoms. The molecule has 11 heavy (non-hydrogen) atoms. The summed E-state index contributed by atoms with van der Waals surface area (Å²) in [5.41, 5.74) is 7.97. The van der Waals surface area contributed by atoms with Crippen LogP contribution in [0.15, 0.2) is 5.11 Å². The normalized spacial score (nSPS) is 23.1. The minimum atomic E-state index is -0.822. The maximum atomic E-state index is 10.8. The van der Waals surface area contributed by atoms with Crippen molar-refractivity contribution in [1.82, 2.24) is 10.6 Å². The highest BCUT2D eigenvalue weighted by atomic mass is 16.2. The third kappa shape index (κ3) is 1.59. The SMILES string of the molecule is [N-]=[N+]=NC1CNC(=O)NC1=O. The number of azide groups is 1. The predicted molar refractivity (Wildman–Crippen MR) is 34.5 cm³/mol. The lowest BCUT2D eigenvalue weighted by molar-refractivity contribution is -0.121. The maximum absolute atomic E-state index is 10.8. The fraction of sp³-hybridized carbons (Fsp3) is 0.500. The van der Waals surface area contributed by atoms with Crippen molar-refractivity contribution in [2.45, 2.75) is 6.04 Å². The molecule has 1 atom stereocenters. The smallest absolute Gasteiger partial charge is 0.321 e. The van der Waals surface area contributed by atoms with Gasteiger partial charge in [-0.25, -0.2) is 4.79 Å². The summed E-state index contributed by atoms with van der Waals surface area (Å²) in [5.74, 6) is -0.563. The fourth-order valence-corrected chi connectivity index (χ4v) is 0.677. The Kier molecular flexibility index (Phi) is 1.93. The third-order valence-corrected chi connectivity index (χ3v) is 1.19. The number of carbonyl (C=O) groups is 2. The number of hydrogen-bond donors (Lipinski definition) is 2. The molecule has 58 valence electrons. The molecule has 1 fully saturated rings. The largest absolute Gasteiger partial charge is 0.337 e. The first-order valence-corrected chi connectivity index (χ1v) is 2.87. The fourth-order valence-electron chi connectivity index (χ4n) is 0.677. The van der Waals surface area contributed by atoms with Crippen molar-refractivity contribution >= 4 is 11.9 Å². The second kappa shape index (κ2) is 2.89. The Morgan fingerprint density at radius 3 is 2.91 bits per heavy atom. The molecule has 7 heteroatoms. The number of nitrogens with one attached hydrogen (secondary N) is 2. The molecule has 0 aromatic heterocycles. The van der Waals surface area contributed by atoms with E-state index in [9.17, 15) is 9.59 Å². The third-order valence-electron chi connectivity index (χ3n) is 1.19. The summed E-state index contributed by atoms with van der Waals surface area (Å²) in [6.45, 7) is 0.0642. The van der Waals surface area contributed by atoms with Gasteiger partial charge in [0.05, 0.1) is 0 Å². The summed E-state index contributed by atoms with van der Waals surface area (Å²) in [7, 11) is 0. The van der Waals surface area contributed by atoms with E-state index in [1.165, 1.54) is 0 Å². The van der Waals surface area contributed by atoms with Gasteiger partial charge in [0.2, 0.25) is 5.91 Å². The van der Waals surface area contributed by atoms with Crippen LogP contribution in [-0.4, -0.2) is 24.5 Å². The maximum Gasteiger partial charge on any atom is 0.321 e. The number of rotatable bonds is 1. The van der Waals surface area contributed by atoms with Crippen LogP contribution in [-0.2, 0) is 4.79 Å². The molecule has 0 saturated carbocycles. The van der Waals surface area contributed by atoms with Crippen molar-refractivity contribution in [3.63, 3.8) is 0 Å². The van der Waals surface area contributed by atoms with Crippen LogP contribution in [0.4, 0.5) is 4.79 Å². The summed E-state index contributed by atoms with van der Waals surface area (Å²) >= 11 is 0. The Hall–Kier alpha value is -1.75. The molecule has 1 saturated heterocycles. The standard InChI is InChI=1S/C4H5N5O2/c5-9-8-2-1-6-4(11)7-3(2)10/h2H,1H2,(H2,6,7,10,11). The van der Waals surface area contributed by atoms with Gasteiger partial charge >= 0.3 is 6.03 Å². The van der Waals surface area contributed by atoms with E-state index in [0.29, 0.717) is 0 Å². The second-order valence-electron chi connectivity index (χ2n) is 1.92. The first kappa shape index (κ1) is 7.36. The molecule has 0 aromatic rings. The van der Waals surface area contributed by atoms with E-state index >= 15 is 0 Å². The van der Waals surface area contributed by atoms with E-state index in [0.717, 1.165) is 0 Å². The summed E-state index contributed by atoms with van der Waals surface area (Å²) in [4.78, 5) is 23.7. The lowest BCUT2D eigenvalue weighted by atomic mass is 10.2. The minimum Gasteiger partial charge on any atom is -0.337 e. The highest BCUT2D eigenvalue weighted by molar-refractivity contribution is 5.99. The van der Waals surface area contributed by atoms with E-state index in [-0.39, 0.29) is 6.54 Å². The first-order chi connectivity index (χ1) is 5.24. The summed E-state index contributed by atoms with van der Waals surface area (Å²) in [6.07, 6.45) is 0. The quantitative estimate of drug-likeness (QED) is 0.302. The average molecular weight is 155 g/mol. The van der Waals surface area contributed by atoms with E-state index in [2.05, 4.69) is 15.3 Å². The van der Waals surface area contributed by atoms with Gasteiger partial charge in [-0.15, -0.1) is 0 Å². The molecule has 0 bridgehead atoms. The van der Waals surface area contributed by atoms with Gasteiger partial charge in [-0.1, -0.05) is 5.11 Å². The molecule has 1 rings (SSSR count).